The third-order valence-electron chi connectivity index (χ3n) is 6.39. The minimum Gasteiger partial charge on any atom is -0.483 e. The Kier molecular flexibility index (Phi) is 8.43. The van der Waals surface area contributed by atoms with Crippen molar-refractivity contribution in [3.8, 4) is 0 Å². The van der Waals surface area contributed by atoms with E-state index in [0.29, 0.717) is 18.6 Å². The van der Waals surface area contributed by atoms with Gasteiger partial charge in [-0.3, -0.25) is 14.6 Å². The number of aromatic nitrogens is 1. The fourth-order valence-electron chi connectivity index (χ4n) is 4.97. The topological polar surface area (TPSA) is 91.8 Å². The van der Waals surface area contributed by atoms with Crippen molar-refractivity contribution in [1.82, 2.24) is 9.88 Å². The third-order valence-corrected chi connectivity index (χ3v) is 6.39. The molecule has 3 atom stereocenters. The Morgan fingerprint density at radius 1 is 1.31 bits per heavy atom. The van der Waals surface area contributed by atoms with Crippen molar-refractivity contribution < 1.29 is 19.4 Å². The number of hydrogen-bond acceptors (Lipinski definition) is 5. The highest BCUT2D eigenvalue weighted by atomic mass is 16.5. The SMILES string of the molecule is O=C(Nc1cccnc1)[C@@H]1CO[C@@H]2CCN(CC3CCCCC3)C[C@@H]2C1.O=CO. The second kappa shape index (κ2) is 11.3. The summed E-state index contributed by atoms with van der Waals surface area (Å²) in [6, 6.07) is 3.72. The fourth-order valence-corrected chi connectivity index (χ4v) is 4.97. The number of hydrogen-bond donors (Lipinski definition) is 2. The van der Waals surface area contributed by atoms with Crippen LogP contribution >= 0.6 is 0 Å². The number of nitrogens with zero attached hydrogens (tertiary/aromatic N) is 2. The number of pyridine rings is 1. The Balaban J connectivity index is 0.000000755. The van der Waals surface area contributed by atoms with Crippen molar-refractivity contribution in [3.63, 3.8) is 0 Å². The maximum atomic E-state index is 12.6. The smallest absolute Gasteiger partial charge is 0.290 e. The van der Waals surface area contributed by atoms with Gasteiger partial charge in [-0.25, -0.2) is 0 Å². The molecule has 0 spiro atoms. The minimum absolute atomic E-state index is 0.0499. The first-order chi connectivity index (χ1) is 14.2. The van der Waals surface area contributed by atoms with Gasteiger partial charge in [-0.15, -0.1) is 0 Å². The van der Waals surface area contributed by atoms with Crippen LogP contribution in [0.3, 0.4) is 0 Å². The highest BCUT2D eigenvalue weighted by molar-refractivity contribution is 5.92. The molecular weight excluding hydrogens is 370 g/mol. The zero-order valence-electron chi connectivity index (χ0n) is 17.0. The first-order valence-corrected chi connectivity index (χ1v) is 10.8. The van der Waals surface area contributed by atoms with E-state index in [0.717, 1.165) is 37.5 Å². The molecule has 1 saturated carbocycles. The Hall–Kier alpha value is -1.99. The molecule has 0 unspecified atom stereocenters. The van der Waals surface area contributed by atoms with Gasteiger partial charge in [0.05, 0.1) is 30.5 Å². The Morgan fingerprint density at radius 3 is 2.83 bits per heavy atom. The van der Waals surface area contributed by atoms with E-state index in [-0.39, 0.29) is 18.3 Å². The molecule has 160 valence electrons. The zero-order chi connectivity index (χ0) is 20.5. The fraction of sp³-hybridized carbons (Fsp3) is 0.682. The van der Waals surface area contributed by atoms with Gasteiger partial charge in [-0.05, 0) is 49.7 Å². The lowest BCUT2D eigenvalue weighted by Crippen LogP contribution is -2.50. The average molecular weight is 404 g/mol. The van der Waals surface area contributed by atoms with Crippen LogP contribution in [-0.4, -0.2) is 59.7 Å². The van der Waals surface area contributed by atoms with Gasteiger partial charge in [-0.1, -0.05) is 19.3 Å². The van der Waals surface area contributed by atoms with E-state index in [4.69, 9.17) is 14.6 Å². The van der Waals surface area contributed by atoms with Crippen molar-refractivity contribution in [2.75, 3.05) is 31.6 Å². The maximum Gasteiger partial charge on any atom is 0.290 e. The van der Waals surface area contributed by atoms with E-state index in [2.05, 4.69) is 15.2 Å². The van der Waals surface area contributed by atoms with Crippen molar-refractivity contribution >= 4 is 18.1 Å². The zero-order valence-corrected chi connectivity index (χ0v) is 17.0. The van der Waals surface area contributed by atoms with Crippen LogP contribution in [0, 0.1) is 17.8 Å². The number of carbonyl (C=O) groups excluding carboxylic acids is 1. The predicted molar refractivity (Wildman–Crippen MR) is 111 cm³/mol. The van der Waals surface area contributed by atoms with Crippen LogP contribution < -0.4 is 5.32 Å². The van der Waals surface area contributed by atoms with Crippen LogP contribution in [0.5, 0.6) is 0 Å². The standard InChI is InChI=1S/C21H31N3O2.CH2O2/c25-21(23-19-7-4-9-22-12-19)18-11-17-14-24(10-8-20(17)26-15-18)13-16-5-2-1-3-6-16;2-1-3/h4,7,9,12,16-18,20H,1-3,5-6,8,10-11,13-15H2,(H,23,25);1H,(H,2,3)/t17-,18-,20+;/m0./s1. The van der Waals surface area contributed by atoms with Crippen LogP contribution in [0.25, 0.3) is 0 Å². The van der Waals surface area contributed by atoms with Gasteiger partial charge in [0.15, 0.2) is 0 Å². The summed E-state index contributed by atoms with van der Waals surface area (Å²) in [6.07, 6.45) is 12.8. The molecule has 1 aromatic rings. The summed E-state index contributed by atoms with van der Waals surface area (Å²) >= 11 is 0. The van der Waals surface area contributed by atoms with Crippen molar-refractivity contribution in [2.45, 2.75) is 51.0 Å². The van der Waals surface area contributed by atoms with Gasteiger partial charge in [-0.2, -0.15) is 0 Å². The molecule has 4 rings (SSSR count). The van der Waals surface area contributed by atoms with Crippen molar-refractivity contribution in [3.05, 3.63) is 24.5 Å². The summed E-state index contributed by atoms with van der Waals surface area (Å²) in [5.74, 6) is 1.40. The summed E-state index contributed by atoms with van der Waals surface area (Å²) < 4.78 is 6.09. The van der Waals surface area contributed by atoms with Crippen LogP contribution in [0.2, 0.25) is 0 Å². The lowest BCUT2D eigenvalue weighted by atomic mass is 9.82. The van der Waals surface area contributed by atoms with Crippen LogP contribution in [-0.2, 0) is 14.3 Å². The minimum atomic E-state index is -0.250. The molecule has 1 aromatic heterocycles. The predicted octanol–water partition coefficient (Wildman–Crippen LogP) is 3.03. The van der Waals surface area contributed by atoms with Crippen molar-refractivity contribution in [2.24, 2.45) is 17.8 Å². The van der Waals surface area contributed by atoms with E-state index < -0.39 is 0 Å². The molecule has 1 aliphatic carbocycles. The molecule has 29 heavy (non-hydrogen) atoms. The van der Waals surface area contributed by atoms with Crippen LogP contribution in [0.15, 0.2) is 24.5 Å². The quantitative estimate of drug-likeness (QED) is 0.751. The Morgan fingerprint density at radius 2 is 2.10 bits per heavy atom. The van der Waals surface area contributed by atoms with Gasteiger partial charge >= 0.3 is 0 Å². The van der Waals surface area contributed by atoms with E-state index >= 15 is 0 Å². The Labute approximate surface area is 172 Å². The molecule has 2 aliphatic heterocycles. The molecule has 2 N–H and O–H groups in total. The number of fused-ring (bicyclic) bond motifs is 1. The average Bonchev–Trinajstić information content (AvgIpc) is 2.75. The third kappa shape index (κ3) is 6.51. The molecule has 0 bridgehead atoms. The summed E-state index contributed by atoms with van der Waals surface area (Å²) in [6.45, 7) is 3.80. The second-order valence-corrected chi connectivity index (χ2v) is 8.45. The van der Waals surface area contributed by atoms with Crippen LogP contribution in [0.4, 0.5) is 5.69 Å². The van der Waals surface area contributed by atoms with Crippen molar-refractivity contribution in [1.29, 1.82) is 0 Å². The van der Waals surface area contributed by atoms with Gasteiger partial charge in [0.25, 0.3) is 6.47 Å². The van der Waals surface area contributed by atoms with E-state index in [1.54, 1.807) is 12.4 Å². The molecule has 0 radical (unpaired) electrons. The lowest BCUT2D eigenvalue weighted by Gasteiger charge is -2.44. The monoisotopic (exact) mass is 403 g/mol. The van der Waals surface area contributed by atoms with Crippen LogP contribution in [0.1, 0.15) is 44.9 Å². The number of carboxylic acid groups (broad SMARTS) is 1. The number of nitrogens with one attached hydrogen (secondary N) is 1. The molecule has 3 heterocycles. The second-order valence-electron chi connectivity index (χ2n) is 8.45. The lowest BCUT2D eigenvalue weighted by molar-refractivity contribution is -0.134. The first kappa shape index (κ1) is 21.7. The van der Waals surface area contributed by atoms with Gasteiger partial charge < -0.3 is 20.1 Å². The number of likely N-dealkylation sites (tertiary alicyclic amines) is 1. The summed E-state index contributed by atoms with van der Waals surface area (Å²) in [7, 11) is 0. The highest BCUT2D eigenvalue weighted by Gasteiger charge is 2.38. The Bertz CT molecular complexity index is 636. The van der Waals surface area contributed by atoms with E-state index in [1.807, 2.05) is 12.1 Å². The maximum absolute atomic E-state index is 12.6. The number of anilines is 1. The summed E-state index contributed by atoms with van der Waals surface area (Å²) in [5, 5.41) is 9.88. The molecule has 2 saturated heterocycles. The first-order valence-electron chi connectivity index (χ1n) is 10.8. The largest absolute Gasteiger partial charge is 0.483 e. The molecular formula is C22H33N3O4. The van der Waals surface area contributed by atoms with Gasteiger partial charge in [0, 0.05) is 25.8 Å². The number of carbonyl (C=O) groups is 2. The normalized spacial score (nSPS) is 27.8. The molecule has 1 amide bonds. The highest BCUT2D eigenvalue weighted by Crippen LogP contribution is 2.33. The number of amides is 1. The molecule has 7 nitrogen and oxygen atoms in total. The molecule has 0 aromatic carbocycles. The molecule has 7 heteroatoms. The number of ether oxygens (including phenoxy) is 1. The molecule has 3 aliphatic rings. The van der Waals surface area contributed by atoms with Gasteiger partial charge in [0.2, 0.25) is 5.91 Å². The number of piperidine rings is 1. The number of rotatable bonds is 4. The molecule has 3 fully saturated rings. The summed E-state index contributed by atoms with van der Waals surface area (Å²) in [4.78, 5) is 27.7. The van der Waals surface area contributed by atoms with Gasteiger partial charge in [0.1, 0.15) is 0 Å². The van der Waals surface area contributed by atoms with E-state index in [9.17, 15) is 4.79 Å². The van der Waals surface area contributed by atoms with E-state index in [1.165, 1.54) is 38.6 Å². The summed E-state index contributed by atoms with van der Waals surface area (Å²) in [5.41, 5.74) is 0.766.